The standard InChI is InChI=1S/C34H31N5.C2HF3O2/c1-23-8-7-13-30-31(23)38-33(32(35-30)25-9-3-2-4-10-25)26-16-14-24(15-17-26)22-39-20-18-27(19-21-39)34-36-28-11-5-6-12-29(28)37-34;3-2(4,5)1(6)7/h2-17,27H,18-22H2,1H3,(H,36,37);(H,6,7). The molecule has 2 N–H and O–H groups in total. The Morgan fingerprint density at radius 3 is 2.09 bits per heavy atom. The molecule has 4 aromatic carbocycles. The number of carboxylic acid groups (broad SMARTS) is 1. The smallest absolute Gasteiger partial charge is 0.475 e. The maximum Gasteiger partial charge on any atom is 0.490 e. The number of aryl methyl sites for hydroxylation is 1. The van der Waals surface area contributed by atoms with Crippen LogP contribution in [0.15, 0.2) is 97.1 Å². The molecule has 3 heterocycles. The van der Waals surface area contributed by atoms with Crippen LogP contribution < -0.4 is 0 Å². The minimum Gasteiger partial charge on any atom is -0.475 e. The number of carbonyl (C=O) groups is 1. The number of nitrogens with one attached hydrogen (secondary N) is 1. The lowest BCUT2D eigenvalue weighted by atomic mass is 9.95. The summed E-state index contributed by atoms with van der Waals surface area (Å²) in [6, 6.07) is 33.8. The van der Waals surface area contributed by atoms with E-state index in [4.69, 9.17) is 24.9 Å². The Bertz CT molecular complexity index is 1930. The van der Waals surface area contributed by atoms with Crippen molar-refractivity contribution in [1.82, 2.24) is 24.8 Å². The Hall–Kier alpha value is -5.09. The second kappa shape index (κ2) is 13.1. The van der Waals surface area contributed by atoms with E-state index in [1.165, 1.54) is 5.56 Å². The average Bonchev–Trinajstić information content (AvgIpc) is 3.50. The number of alkyl halides is 3. The third-order valence-corrected chi connectivity index (χ3v) is 8.20. The number of aliphatic carboxylic acids is 1. The number of aromatic nitrogens is 4. The lowest BCUT2D eigenvalue weighted by Crippen LogP contribution is -2.32. The molecule has 0 atom stereocenters. The van der Waals surface area contributed by atoms with Gasteiger partial charge in [-0.15, -0.1) is 0 Å². The molecule has 1 aliphatic rings. The van der Waals surface area contributed by atoms with E-state index in [2.05, 4.69) is 102 Å². The van der Waals surface area contributed by atoms with Crippen molar-refractivity contribution in [2.24, 2.45) is 0 Å². The van der Waals surface area contributed by atoms with E-state index < -0.39 is 12.1 Å². The van der Waals surface area contributed by atoms with E-state index in [0.717, 1.165) is 88.4 Å². The van der Waals surface area contributed by atoms with Gasteiger partial charge in [-0.2, -0.15) is 13.2 Å². The molecular formula is C36H32F3N5O2. The summed E-state index contributed by atoms with van der Waals surface area (Å²) in [5.41, 5.74) is 10.6. The van der Waals surface area contributed by atoms with E-state index in [9.17, 15) is 13.2 Å². The molecule has 2 aromatic heterocycles. The Labute approximate surface area is 263 Å². The summed E-state index contributed by atoms with van der Waals surface area (Å²) in [6.45, 7) is 5.22. The summed E-state index contributed by atoms with van der Waals surface area (Å²) in [7, 11) is 0. The Morgan fingerprint density at radius 1 is 0.804 bits per heavy atom. The van der Waals surface area contributed by atoms with Crippen molar-refractivity contribution in [3.63, 3.8) is 0 Å². The van der Waals surface area contributed by atoms with Crippen molar-refractivity contribution in [3.05, 3.63) is 114 Å². The van der Waals surface area contributed by atoms with Crippen molar-refractivity contribution in [3.8, 4) is 22.5 Å². The Balaban J connectivity index is 0.000000480. The minimum atomic E-state index is -5.08. The Kier molecular flexibility index (Phi) is 8.81. The molecule has 1 aliphatic heterocycles. The number of fused-ring (bicyclic) bond motifs is 2. The molecule has 7 rings (SSSR count). The van der Waals surface area contributed by atoms with Crippen molar-refractivity contribution < 1.29 is 23.1 Å². The fraction of sp³-hybridized carbons (Fsp3) is 0.222. The topological polar surface area (TPSA) is 95.0 Å². The molecule has 1 fully saturated rings. The van der Waals surface area contributed by atoms with Crippen LogP contribution in [0.1, 0.15) is 35.7 Å². The molecule has 1 saturated heterocycles. The number of halogens is 3. The SMILES string of the molecule is Cc1cccc2nc(-c3ccccc3)c(-c3ccc(CN4CCC(c5nc6ccccc6[nH]5)CC4)cc3)nc12.O=C(O)C(F)(F)F. The van der Waals surface area contributed by atoms with Crippen LogP contribution in [0.5, 0.6) is 0 Å². The van der Waals surface area contributed by atoms with Crippen molar-refractivity contribution in [2.75, 3.05) is 13.1 Å². The second-order valence-electron chi connectivity index (χ2n) is 11.4. The van der Waals surface area contributed by atoms with Gasteiger partial charge in [0.05, 0.1) is 33.5 Å². The molecule has 0 saturated carbocycles. The normalized spacial score (nSPS) is 14.3. The third kappa shape index (κ3) is 6.92. The summed E-state index contributed by atoms with van der Waals surface area (Å²) in [5, 5.41) is 7.12. The molecule has 10 heteroatoms. The van der Waals surface area contributed by atoms with Crippen LogP contribution in [0.2, 0.25) is 0 Å². The zero-order valence-electron chi connectivity index (χ0n) is 25.1. The van der Waals surface area contributed by atoms with Crippen LogP contribution in [0.3, 0.4) is 0 Å². The van der Waals surface area contributed by atoms with E-state index in [0.29, 0.717) is 5.92 Å². The highest BCUT2D eigenvalue weighted by Crippen LogP contribution is 2.33. The lowest BCUT2D eigenvalue weighted by molar-refractivity contribution is -0.192. The van der Waals surface area contributed by atoms with Crippen LogP contribution in [0.25, 0.3) is 44.6 Å². The monoisotopic (exact) mass is 623 g/mol. The van der Waals surface area contributed by atoms with Crippen LogP contribution in [0, 0.1) is 6.92 Å². The first-order chi connectivity index (χ1) is 22.2. The van der Waals surface area contributed by atoms with Gasteiger partial charge in [0, 0.05) is 23.6 Å². The van der Waals surface area contributed by atoms with Gasteiger partial charge in [-0.3, -0.25) is 4.90 Å². The number of imidazole rings is 1. The van der Waals surface area contributed by atoms with Gasteiger partial charge >= 0.3 is 12.1 Å². The van der Waals surface area contributed by atoms with Crippen LogP contribution in [-0.2, 0) is 11.3 Å². The molecule has 0 amide bonds. The first-order valence-corrected chi connectivity index (χ1v) is 15.0. The molecule has 0 spiro atoms. The molecule has 7 nitrogen and oxygen atoms in total. The van der Waals surface area contributed by atoms with E-state index in [-0.39, 0.29) is 0 Å². The molecule has 0 radical (unpaired) electrons. The number of carboxylic acids is 1. The van der Waals surface area contributed by atoms with Crippen LogP contribution in [0.4, 0.5) is 13.2 Å². The number of hydrogen-bond acceptors (Lipinski definition) is 5. The summed E-state index contributed by atoms with van der Waals surface area (Å²) in [5.74, 6) is -1.11. The average molecular weight is 624 g/mol. The zero-order valence-corrected chi connectivity index (χ0v) is 25.1. The minimum absolute atomic E-state index is 0.502. The van der Waals surface area contributed by atoms with Gasteiger partial charge in [-0.25, -0.2) is 19.7 Å². The third-order valence-electron chi connectivity index (χ3n) is 8.20. The largest absolute Gasteiger partial charge is 0.490 e. The predicted molar refractivity (Wildman–Crippen MR) is 172 cm³/mol. The van der Waals surface area contributed by atoms with Crippen molar-refractivity contribution in [1.29, 1.82) is 0 Å². The fourth-order valence-electron chi connectivity index (χ4n) is 5.77. The first kappa shape index (κ1) is 30.9. The van der Waals surface area contributed by atoms with E-state index in [1.54, 1.807) is 0 Å². The highest BCUT2D eigenvalue weighted by molar-refractivity contribution is 5.87. The predicted octanol–water partition coefficient (Wildman–Crippen LogP) is 8.16. The fourth-order valence-corrected chi connectivity index (χ4v) is 5.77. The van der Waals surface area contributed by atoms with E-state index in [1.807, 2.05) is 12.1 Å². The van der Waals surface area contributed by atoms with Crippen LogP contribution in [-0.4, -0.2) is 55.2 Å². The van der Waals surface area contributed by atoms with Gasteiger partial charge in [0.1, 0.15) is 5.82 Å². The van der Waals surface area contributed by atoms with Gasteiger partial charge in [0.25, 0.3) is 0 Å². The number of H-pyrrole nitrogens is 1. The maximum absolute atomic E-state index is 10.6. The molecule has 234 valence electrons. The number of rotatable bonds is 5. The molecule has 46 heavy (non-hydrogen) atoms. The van der Waals surface area contributed by atoms with Gasteiger partial charge in [-0.1, -0.05) is 78.9 Å². The summed E-state index contributed by atoms with van der Waals surface area (Å²) < 4.78 is 31.7. The van der Waals surface area contributed by atoms with Crippen molar-refractivity contribution >= 4 is 28.0 Å². The van der Waals surface area contributed by atoms with Gasteiger partial charge in [-0.05, 0) is 62.2 Å². The second-order valence-corrected chi connectivity index (χ2v) is 11.4. The molecular weight excluding hydrogens is 591 g/mol. The first-order valence-electron chi connectivity index (χ1n) is 15.0. The summed E-state index contributed by atoms with van der Waals surface area (Å²) in [6.07, 6.45) is -2.82. The lowest BCUT2D eigenvalue weighted by Gasteiger charge is -2.31. The number of aromatic amines is 1. The molecule has 0 aliphatic carbocycles. The number of nitrogens with zero attached hydrogens (tertiary/aromatic N) is 4. The highest BCUT2D eigenvalue weighted by Gasteiger charge is 2.38. The number of para-hydroxylation sites is 3. The van der Waals surface area contributed by atoms with Crippen molar-refractivity contribution in [2.45, 2.75) is 38.4 Å². The van der Waals surface area contributed by atoms with Gasteiger partial charge in [0.2, 0.25) is 0 Å². The number of benzene rings is 4. The Morgan fingerprint density at radius 2 is 1.41 bits per heavy atom. The summed E-state index contributed by atoms with van der Waals surface area (Å²) in [4.78, 5) is 30.1. The summed E-state index contributed by atoms with van der Waals surface area (Å²) >= 11 is 0. The van der Waals surface area contributed by atoms with Gasteiger partial charge < -0.3 is 10.1 Å². The molecule has 0 unspecified atom stereocenters. The quantitative estimate of drug-likeness (QED) is 0.201. The van der Waals surface area contributed by atoms with Crippen LogP contribution >= 0.6 is 0 Å². The highest BCUT2D eigenvalue weighted by atomic mass is 19.4. The number of piperidine rings is 1. The van der Waals surface area contributed by atoms with Gasteiger partial charge in [0.15, 0.2) is 0 Å². The van der Waals surface area contributed by atoms with E-state index >= 15 is 0 Å². The zero-order chi connectivity index (χ0) is 32.3. The number of hydrogen-bond donors (Lipinski definition) is 2. The maximum atomic E-state index is 10.6. The number of likely N-dealkylation sites (tertiary alicyclic amines) is 1. The molecule has 6 aromatic rings. The molecule has 0 bridgehead atoms.